The maximum Gasteiger partial charge on any atom is 0.224 e. The molecule has 0 aliphatic rings. The van der Waals surface area contributed by atoms with Crippen LogP contribution in [0.2, 0.25) is 13.7 Å². The van der Waals surface area contributed by atoms with E-state index < -0.39 is 0 Å². The fraction of sp³-hybridized carbons (Fsp3) is 0.125. The number of nitrogens with zero attached hydrogens (tertiary/aromatic N) is 2. The molecule has 0 aliphatic heterocycles. The van der Waals surface area contributed by atoms with Gasteiger partial charge in [0, 0.05) is 29.5 Å². The van der Waals surface area contributed by atoms with Gasteiger partial charge in [-0.05, 0) is 23.8 Å². The molecule has 0 radical (unpaired) electrons. The van der Waals surface area contributed by atoms with Crippen LogP contribution in [-0.2, 0) is 17.8 Å². The van der Waals surface area contributed by atoms with Gasteiger partial charge in [-0.3, -0.25) is 4.79 Å². The molecule has 24 heavy (non-hydrogen) atoms. The van der Waals surface area contributed by atoms with Crippen LogP contribution in [0.4, 0.5) is 0 Å². The van der Waals surface area contributed by atoms with Crippen molar-refractivity contribution in [3.05, 3.63) is 67.8 Å². The summed E-state index contributed by atoms with van der Waals surface area (Å²) in [5.41, 5.74) is 2.41. The molecule has 0 saturated heterocycles. The van der Waals surface area contributed by atoms with E-state index in [1.807, 2.05) is 22.9 Å². The van der Waals surface area contributed by atoms with E-state index in [1.165, 1.54) is 11.3 Å². The molecule has 0 unspecified atom stereocenters. The SMILES string of the molecule is O=C(Cc1cc(Cl)sc1Cl)NCc1c(Cl)cccc1-n1ccnc1. The molecule has 3 aromatic rings. The van der Waals surface area contributed by atoms with E-state index in [4.69, 9.17) is 34.8 Å². The summed E-state index contributed by atoms with van der Waals surface area (Å²) in [4.78, 5) is 16.2. The van der Waals surface area contributed by atoms with E-state index in [2.05, 4.69) is 10.3 Å². The first-order valence-corrected chi connectivity index (χ1v) is 8.96. The van der Waals surface area contributed by atoms with Crippen molar-refractivity contribution in [2.75, 3.05) is 0 Å². The molecule has 4 nitrogen and oxygen atoms in total. The molecule has 0 atom stereocenters. The molecule has 2 aromatic heterocycles. The molecule has 3 rings (SSSR count). The number of carbonyl (C=O) groups is 1. The molecule has 1 aromatic carbocycles. The van der Waals surface area contributed by atoms with Crippen LogP contribution in [0.1, 0.15) is 11.1 Å². The Balaban J connectivity index is 1.73. The number of rotatable bonds is 5. The predicted octanol–water partition coefficient (Wildman–Crippen LogP) is 4.75. The number of amides is 1. The van der Waals surface area contributed by atoms with E-state index in [9.17, 15) is 4.79 Å². The standard InChI is InChI=1S/C16H12Cl3N3OS/c17-12-2-1-3-13(22-5-4-20-9-22)11(12)8-21-15(23)7-10-6-14(18)24-16(10)19/h1-6,9H,7-8H2,(H,21,23). The van der Waals surface area contributed by atoms with Crippen LogP contribution in [0, 0.1) is 0 Å². The summed E-state index contributed by atoms with van der Waals surface area (Å²) in [6.45, 7) is 0.307. The molecule has 0 spiro atoms. The van der Waals surface area contributed by atoms with Gasteiger partial charge in [0.15, 0.2) is 0 Å². The molecule has 2 heterocycles. The van der Waals surface area contributed by atoms with Gasteiger partial charge < -0.3 is 9.88 Å². The van der Waals surface area contributed by atoms with Crippen LogP contribution < -0.4 is 5.32 Å². The lowest BCUT2D eigenvalue weighted by Crippen LogP contribution is -2.25. The minimum atomic E-state index is -0.150. The summed E-state index contributed by atoms with van der Waals surface area (Å²) in [5, 5.41) is 3.45. The minimum Gasteiger partial charge on any atom is -0.352 e. The van der Waals surface area contributed by atoms with Crippen molar-refractivity contribution >= 4 is 52.0 Å². The normalized spacial score (nSPS) is 10.8. The summed E-state index contributed by atoms with van der Waals surface area (Å²) in [7, 11) is 0. The van der Waals surface area contributed by atoms with Crippen LogP contribution in [0.25, 0.3) is 5.69 Å². The van der Waals surface area contributed by atoms with Gasteiger partial charge in [0.05, 0.1) is 27.1 Å². The van der Waals surface area contributed by atoms with Crippen molar-refractivity contribution < 1.29 is 4.79 Å². The zero-order chi connectivity index (χ0) is 17.1. The number of hydrogen-bond donors (Lipinski definition) is 1. The number of nitrogens with one attached hydrogen (secondary N) is 1. The number of thiophene rings is 1. The molecule has 0 bridgehead atoms. The summed E-state index contributed by atoms with van der Waals surface area (Å²) in [6, 6.07) is 7.28. The Morgan fingerprint density at radius 1 is 1.29 bits per heavy atom. The van der Waals surface area contributed by atoms with Gasteiger partial charge in [-0.15, -0.1) is 11.3 Å². The lowest BCUT2D eigenvalue weighted by Gasteiger charge is -2.13. The van der Waals surface area contributed by atoms with Crippen molar-refractivity contribution in [1.82, 2.24) is 14.9 Å². The first-order chi connectivity index (χ1) is 11.5. The molecule has 0 aliphatic carbocycles. The Labute approximate surface area is 158 Å². The van der Waals surface area contributed by atoms with Gasteiger partial charge in [0.25, 0.3) is 0 Å². The van der Waals surface area contributed by atoms with E-state index in [1.54, 1.807) is 24.7 Å². The largest absolute Gasteiger partial charge is 0.352 e. The van der Waals surface area contributed by atoms with Crippen LogP contribution in [0.5, 0.6) is 0 Å². The molecule has 0 saturated carbocycles. The number of carbonyl (C=O) groups excluding carboxylic acids is 1. The number of hydrogen-bond acceptors (Lipinski definition) is 3. The fourth-order valence-corrected chi connectivity index (χ4v) is 4.01. The third kappa shape index (κ3) is 3.92. The van der Waals surface area contributed by atoms with Crippen molar-refractivity contribution in [3.8, 4) is 5.69 Å². The van der Waals surface area contributed by atoms with E-state index in [0.717, 1.165) is 16.8 Å². The zero-order valence-electron chi connectivity index (χ0n) is 12.3. The maximum absolute atomic E-state index is 12.2. The highest BCUT2D eigenvalue weighted by molar-refractivity contribution is 7.20. The summed E-state index contributed by atoms with van der Waals surface area (Å²) in [5.74, 6) is -0.150. The minimum absolute atomic E-state index is 0.150. The highest BCUT2D eigenvalue weighted by Crippen LogP contribution is 2.31. The molecule has 124 valence electrons. The molecular formula is C16H12Cl3N3OS. The maximum atomic E-state index is 12.2. The monoisotopic (exact) mass is 399 g/mol. The van der Waals surface area contributed by atoms with Gasteiger partial charge in [0.1, 0.15) is 0 Å². The van der Waals surface area contributed by atoms with E-state index in [-0.39, 0.29) is 12.3 Å². The molecule has 0 fully saturated rings. The smallest absolute Gasteiger partial charge is 0.224 e. The number of benzene rings is 1. The Bertz CT molecular complexity index is 862. The highest BCUT2D eigenvalue weighted by atomic mass is 35.5. The van der Waals surface area contributed by atoms with Crippen molar-refractivity contribution in [3.63, 3.8) is 0 Å². The topological polar surface area (TPSA) is 46.9 Å². The Kier molecular flexibility index (Phi) is 5.46. The van der Waals surface area contributed by atoms with Crippen LogP contribution in [0.15, 0.2) is 43.0 Å². The van der Waals surface area contributed by atoms with Crippen molar-refractivity contribution in [1.29, 1.82) is 0 Å². The molecule has 1 amide bonds. The van der Waals surface area contributed by atoms with Crippen molar-refractivity contribution in [2.24, 2.45) is 0 Å². The lowest BCUT2D eigenvalue weighted by atomic mass is 10.1. The predicted molar refractivity (Wildman–Crippen MR) is 98.5 cm³/mol. The fourth-order valence-electron chi connectivity index (χ4n) is 2.28. The van der Waals surface area contributed by atoms with Crippen LogP contribution in [0.3, 0.4) is 0 Å². The first kappa shape index (κ1) is 17.3. The van der Waals surface area contributed by atoms with Crippen LogP contribution >= 0.6 is 46.1 Å². The second-order valence-corrected chi connectivity index (χ2v) is 7.70. The summed E-state index contributed by atoms with van der Waals surface area (Å²) in [6.07, 6.45) is 5.37. The van der Waals surface area contributed by atoms with Gasteiger partial charge >= 0.3 is 0 Å². The van der Waals surface area contributed by atoms with Gasteiger partial charge in [-0.25, -0.2) is 4.98 Å². The lowest BCUT2D eigenvalue weighted by molar-refractivity contribution is -0.120. The summed E-state index contributed by atoms with van der Waals surface area (Å²) < 4.78 is 2.95. The number of imidazole rings is 1. The Morgan fingerprint density at radius 2 is 2.12 bits per heavy atom. The number of aromatic nitrogens is 2. The Hall–Kier alpha value is -1.53. The highest BCUT2D eigenvalue weighted by Gasteiger charge is 2.13. The van der Waals surface area contributed by atoms with Gasteiger partial charge in [-0.1, -0.05) is 40.9 Å². The molecular weight excluding hydrogens is 389 g/mol. The quantitative estimate of drug-likeness (QED) is 0.671. The van der Waals surface area contributed by atoms with Crippen LogP contribution in [-0.4, -0.2) is 15.5 Å². The summed E-state index contributed by atoms with van der Waals surface area (Å²) >= 11 is 19.5. The second kappa shape index (κ2) is 7.57. The average Bonchev–Trinajstić information content (AvgIpc) is 3.16. The third-order valence-corrected chi connectivity index (χ3v) is 5.34. The van der Waals surface area contributed by atoms with Gasteiger partial charge in [0.2, 0.25) is 5.91 Å². The Morgan fingerprint density at radius 3 is 2.79 bits per heavy atom. The number of halogens is 3. The molecule has 1 N–H and O–H groups in total. The van der Waals surface area contributed by atoms with Gasteiger partial charge in [-0.2, -0.15) is 0 Å². The van der Waals surface area contributed by atoms with E-state index >= 15 is 0 Å². The van der Waals surface area contributed by atoms with E-state index in [0.29, 0.717) is 20.2 Å². The first-order valence-electron chi connectivity index (χ1n) is 7.00. The average molecular weight is 401 g/mol. The zero-order valence-corrected chi connectivity index (χ0v) is 15.4. The molecule has 8 heteroatoms. The second-order valence-electron chi connectivity index (χ2n) is 5.01. The third-order valence-electron chi connectivity index (χ3n) is 3.42. The van der Waals surface area contributed by atoms with Crippen molar-refractivity contribution in [2.45, 2.75) is 13.0 Å².